The molecule has 0 amide bonds. The summed E-state index contributed by atoms with van der Waals surface area (Å²) in [5, 5.41) is 3.67. The lowest BCUT2D eigenvalue weighted by molar-refractivity contribution is 0.582. The molecule has 0 radical (unpaired) electrons. The zero-order valence-electron chi connectivity index (χ0n) is 16.3. The second-order valence-corrected chi connectivity index (χ2v) is 6.31. The third kappa shape index (κ3) is 4.60. The van der Waals surface area contributed by atoms with Crippen LogP contribution in [0.2, 0.25) is 5.02 Å². The van der Waals surface area contributed by atoms with E-state index >= 15 is 0 Å². The Morgan fingerprint density at radius 1 is 1.07 bits per heavy atom. The number of nitrogens with one attached hydrogen (secondary N) is 1. The summed E-state index contributed by atoms with van der Waals surface area (Å²) in [5.41, 5.74) is 2.65. The van der Waals surface area contributed by atoms with Crippen LogP contribution in [-0.4, -0.2) is 15.0 Å². The molecule has 7 heteroatoms. The van der Waals surface area contributed by atoms with Crippen LogP contribution in [0.25, 0.3) is 22.7 Å². The molecule has 4 aromatic rings. The Morgan fingerprint density at radius 2 is 1.90 bits per heavy atom. The van der Waals surface area contributed by atoms with E-state index in [4.69, 9.17) is 16.0 Å². The van der Waals surface area contributed by atoms with Gasteiger partial charge in [0, 0.05) is 29.3 Å². The van der Waals surface area contributed by atoms with Crippen LogP contribution in [-0.2, 0) is 0 Å². The molecule has 0 aliphatic carbocycles. The Balaban J connectivity index is 0.00000117. The molecule has 1 aromatic carbocycles. The molecule has 0 fully saturated rings. The van der Waals surface area contributed by atoms with Crippen molar-refractivity contribution in [3.05, 3.63) is 77.7 Å². The van der Waals surface area contributed by atoms with Gasteiger partial charge in [0.25, 0.3) is 0 Å². The van der Waals surface area contributed by atoms with Crippen molar-refractivity contribution in [2.45, 2.75) is 20.8 Å². The second kappa shape index (κ2) is 9.30. The average Bonchev–Trinajstić information content (AvgIpc) is 3.28. The standard InChI is InChI=1S/C20H14ClFN4O.C2H6/c1-12-10-23-7-6-17(12)25-20-15(18-3-2-8-27-18)11-24-19(26-20)14-9-13(21)4-5-16(14)22;1-2/h2-11H,1H3,(H,23,24,25,26);1-2H3. The number of rotatable bonds is 4. The van der Waals surface area contributed by atoms with Crippen LogP contribution in [0, 0.1) is 12.7 Å². The maximum Gasteiger partial charge on any atom is 0.164 e. The van der Waals surface area contributed by atoms with E-state index in [1.807, 2.05) is 32.9 Å². The molecule has 0 aliphatic heterocycles. The number of pyridine rings is 1. The van der Waals surface area contributed by atoms with Gasteiger partial charge in [0.2, 0.25) is 0 Å². The van der Waals surface area contributed by atoms with Crippen molar-refractivity contribution in [2.24, 2.45) is 0 Å². The van der Waals surface area contributed by atoms with Gasteiger partial charge in [0.1, 0.15) is 17.4 Å². The Kier molecular flexibility index (Phi) is 6.57. The maximum absolute atomic E-state index is 14.3. The SMILES string of the molecule is CC.Cc1cnccc1Nc1nc(-c2cc(Cl)ccc2F)ncc1-c1ccco1. The lowest BCUT2D eigenvalue weighted by atomic mass is 10.1. The Hall–Kier alpha value is -3.25. The van der Waals surface area contributed by atoms with Crippen LogP contribution in [0.1, 0.15) is 19.4 Å². The first-order valence-electron chi connectivity index (χ1n) is 9.16. The third-order valence-corrected chi connectivity index (χ3v) is 4.25. The van der Waals surface area contributed by atoms with Crippen molar-refractivity contribution in [2.75, 3.05) is 5.32 Å². The molecule has 0 unspecified atom stereocenters. The van der Waals surface area contributed by atoms with Crippen molar-refractivity contribution in [3.8, 4) is 22.7 Å². The number of hydrogen-bond acceptors (Lipinski definition) is 5. The quantitative estimate of drug-likeness (QED) is 0.407. The first-order chi connectivity index (χ1) is 14.1. The van der Waals surface area contributed by atoms with Crippen molar-refractivity contribution in [1.82, 2.24) is 15.0 Å². The predicted molar refractivity (Wildman–Crippen MR) is 114 cm³/mol. The van der Waals surface area contributed by atoms with Crippen LogP contribution in [0.5, 0.6) is 0 Å². The lowest BCUT2D eigenvalue weighted by Crippen LogP contribution is -2.02. The summed E-state index contributed by atoms with van der Waals surface area (Å²) in [6.07, 6.45) is 6.59. The van der Waals surface area contributed by atoms with Gasteiger partial charge in [0.15, 0.2) is 5.82 Å². The molecule has 0 spiro atoms. The molecule has 0 saturated carbocycles. The number of furan rings is 1. The van der Waals surface area contributed by atoms with E-state index in [0.29, 0.717) is 22.2 Å². The highest BCUT2D eigenvalue weighted by molar-refractivity contribution is 6.30. The van der Waals surface area contributed by atoms with E-state index in [-0.39, 0.29) is 11.4 Å². The number of aryl methyl sites for hydroxylation is 1. The minimum absolute atomic E-state index is 0.222. The molecular weight excluding hydrogens is 391 g/mol. The minimum atomic E-state index is -0.448. The molecule has 0 bridgehead atoms. The first kappa shape index (κ1) is 20.5. The van der Waals surface area contributed by atoms with Crippen molar-refractivity contribution < 1.29 is 8.81 Å². The molecule has 3 aromatic heterocycles. The molecular formula is C22H20ClFN4O. The van der Waals surface area contributed by atoms with Gasteiger partial charge in [-0.05, 0) is 48.9 Å². The smallest absolute Gasteiger partial charge is 0.164 e. The number of nitrogens with zero attached hydrogens (tertiary/aromatic N) is 3. The van der Waals surface area contributed by atoms with Gasteiger partial charge < -0.3 is 9.73 Å². The van der Waals surface area contributed by atoms with Crippen LogP contribution < -0.4 is 5.32 Å². The fourth-order valence-corrected chi connectivity index (χ4v) is 2.80. The molecule has 3 heterocycles. The van der Waals surface area contributed by atoms with Crippen molar-refractivity contribution in [1.29, 1.82) is 0 Å². The van der Waals surface area contributed by atoms with E-state index in [9.17, 15) is 4.39 Å². The fourth-order valence-electron chi connectivity index (χ4n) is 2.63. The highest BCUT2D eigenvalue weighted by Gasteiger charge is 2.16. The van der Waals surface area contributed by atoms with Gasteiger partial charge >= 0.3 is 0 Å². The van der Waals surface area contributed by atoms with Crippen molar-refractivity contribution in [3.63, 3.8) is 0 Å². The highest BCUT2D eigenvalue weighted by Crippen LogP contribution is 2.32. The van der Waals surface area contributed by atoms with Gasteiger partial charge in [0.05, 0.1) is 17.4 Å². The van der Waals surface area contributed by atoms with E-state index in [1.165, 1.54) is 18.2 Å². The summed E-state index contributed by atoms with van der Waals surface area (Å²) in [4.78, 5) is 12.9. The molecule has 148 valence electrons. The van der Waals surface area contributed by atoms with E-state index in [1.54, 1.807) is 30.9 Å². The second-order valence-electron chi connectivity index (χ2n) is 5.87. The molecule has 5 nitrogen and oxygen atoms in total. The summed E-state index contributed by atoms with van der Waals surface area (Å²) < 4.78 is 19.8. The van der Waals surface area contributed by atoms with Gasteiger partial charge in [-0.15, -0.1) is 0 Å². The Labute approximate surface area is 173 Å². The van der Waals surface area contributed by atoms with Crippen molar-refractivity contribution >= 4 is 23.1 Å². The monoisotopic (exact) mass is 410 g/mol. The summed E-state index contributed by atoms with van der Waals surface area (Å²) in [6.45, 7) is 5.93. The third-order valence-electron chi connectivity index (χ3n) is 4.02. The molecule has 1 N–H and O–H groups in total. The number of halogens is 2. The maximum atomic E-state index is 14.3. The van der Waals surface area contributed by atoms with Crippen LogP contribution in [0.3, 0.4) is 0 Å². The van der Waals surface area contributed by atoms with Gasteiger partial charge in [-0.1, -0.05) is 25.4 Å². The normalized spacial score (nSPS) is 10.2. The van der Waals surface area contributed by atoms with Gasteiger partial charge in [-0.3, -0.25) is 4.98 Å². The number of hydrogen-bond donors (Lipinski definition) is 1. The van der Waals surface area contributed by atoms with Crippen LogP contribution >= 0.6 is 11.6 Å². The van der Waals surface area contributed by atoms with E-state index in [0.717, 1.165) is 11.3 Å². The Morgan fingerprint density at radius 3 is 2.62 bits per heavy atom. The zero-order valence-corrected chi connectivity index (χ0v) is 17.0. The van der Waals surface area contributed by atoms with Crippen LogP contribution in [0.15, 0.2) is 65.7 Å². The Bertz CT molecular complexity index is 1100. The van der Waals surface area contributed by atoms with Crippen LogP contribution in [0.4, 0.5) is 15.9 Å². The average molecular weight is 411 g/mol. The summed E-state index contributed by atoms with van der Waals surface area (Å²) >= 11 is 6.01. The fraction of sp³-hybridized carbons (Fsp3) is 0.136. The molecule has 29 heavy (non-hydrogen) atoms. The zero-order chi connectivity index (χ0) is 20.8. The van der Waals surface area contributed by atoms with Gasteiger partial charge in [-0.25, -0.2) is 14.4 Å². The molecule has 0 saturated heterocycles. The summed E-state index contributed by atoms with van der Waals surface area (Å²) in [5.74, 6) is 0.863. The van der Waals surface area contributed by atoms with Gasteiger partial charge in [-0.2, -0.15) is 0 Å². The highest BCUT2D eigenvalue weighted by atomic mass is 35.5. The number of aromatic nitrogens is 3. The molecule has 0 atom stereocenters. The molecule has 0 aliphatic rings. The largest absolute Gasteiger partial charge is 0.464 e. The lowest BCUT2D eigenvalue weighted by Gasteiger charge is -2.13. The van der Waals surface area contributed by atoms with E-state index in [2.05, 4.69) is 20.3 Å². The topological polar surface area (TPSA) is 63.8 Å². The summed E-state index contributed by atoms with van der Waals surface area (Å²) in [7, 11) is 0. The summed E-state index contributed by atoms with van der Waals surface area (Å²) in [6, 6.07) is 9.70. The number of benzene rings is 1. The minimum Gasteiger partial charge on any atom is -0.464 e. The molecule has 4 rings (SSSR count). The van der Waals surface area contributed by atoms with E-state index < -0.39 is 5.82 Å². The predicted octanol–water partition coefficient (Wildman–Crippen LogP) is 6.67. The number of anilines is 2. The first-order valence-corrected chi connectivity index (χ1v) is 9.53.